The number of hydrogen-bond donors (Lipinski definition) is 0. The largest absolute Gasteiger partial charge is 0.477 e. The summed E-state index contributed by atoms with van der Waals surface area (Å²) in [6.45, 7) is 3.87. The van der Waals surface area contributed by atoms with E-state index in [4.69, 9.17) is 9.47 Å². The van der Waals surface area contributed by atoms with Gasteiger partial charge in [-0.1, -0.05) is 60.7 Å². The van der Waals surface area contributed by atoms with Crippen LogP contribution in [0.15, 0.2) is 90.9 Å². The number of ether oxygens (including phenoxy) is 2. The van der Waals surface area contributed by atoms with E-state index in [1.807, 2.05) is 61.7 Å². The summed E-state index contributed by atoms with van der Waals surface area (Å²) in [7, 11) is 0. The monoisotopic (exact) mass is 460 g/mol. The lowest BCUT2D eigenvalue weighted by molar-refractivity contribution is 0.0876. The Kier molecular flexibility index (Phi) is 5.39. The molecule has 2 aliphatic heterocycles. The summed E-state index contributed by atoms with van der Waals surface area (Å²) in [4.78, 5) is 19.6. The molecule has 6 rings (SSSR count). The molecule has 0 fully saturated rings. The van der Waals surface area contributed by atoms with Gasteiger partial charge in [0.25, 0.3) is 0 Å². The first-order valence-corrected chi connectivity index (χ1v) is 11.7. The van der Waals surface area contributed by atoms with Crippen LogP contribution < -0.4 is 9.47 Å². The van der Waals surface area contributed by atoms with Gasteiger partial charge in [0.05, 0.1) is 5.56 Å². The lowest BCUT2D eigenvalue weighted by Gasteiger charge is -2.30. The number of hydrogen-bond acceptors (Lipinski definition) is 5. The molecule has 0 N–H and O–H groups in total. The van der Waals surface area contributed by atoms with Gasteiger partial charge in [-0.2, -0.15) is 0 Å². The second-order valence-corrected chi connectivity index (χ2v) is 8.92. The highest BCUT2D eigenvalue weighted by atomic mass is 16.5. The van der Waals surface area contributed by atoms with E-state index in [0.29, 0.717) is 30.3 Å². The van der Waals surface area contributed by atoms with E-state index in [0.717, 1.165) is 45.7 Å². The quantitative estimate of drug-likeness (QED) is 0.348. The normalized spacial score (nSPS) is 15.9. The van der Waals surface area contributed by atoms with Gasteiger partial charge in [0, 0.05) is 36.6 Å². The molecule has 0 saturated heterocycles. The van der Waals surface area contributed by atoms with Crippen LogP contribution in [0.2, 0.25) is 0 Å². The fraction of sp³-hybridized carbons (Fsp3) is 0.133. The lowest BCUT2D eigenvalue weighted by Crippen LogP contribution is -2.32. The van der Waals surface area contributed by atoms with Gasteiger partial charge in [-0.25, -0.2) is 0 Å². The summed E-state index contributed by atoms with van der Waals surface area (Å²) in [6, 6.07) is 24.3. The highest BCUT2D eigenvalue weighted by Gasteiger charge is 2.33. The molecular formula is C30H24N2O3. The predicted octanol–water partition coefficient (Wildman–Crippen LogP) is 6.03. The average molecular weight is 461 g/mol. The fourth-order valence-electron chi connectivity index (χ4n) is 4.70. The molecule has 3 aromatic carbocycles. The van der Waals surface area contributed by atoms with Crippen molar-refractivity contribution in [3.05, 3.63) is 119 Å². The molecule has 3 heterocycles. The van der Waals surface area contributed by atoms with Crippen molar-refractivity contribution in [3.63, 3.8) is 0 Å². The summed E-state index contributed by atoms with van der Waals surface area (Å²) >= 11 is 0. The van der Waals surface area contributed by atoms with E-state index in [1.165, 1.54) is 0 Å². The molecule has 2 aliphatic rings. The average Bonchev–Trinajstić information content (AvgIpc) is 3.21. The van der Waals surface area contributed by atoms with Crippen molar-refractivity contribution < 1.29 is 14.3 Å². The fourth-order valence-corrected chi connectivity index (χ4v) is 4.70. The second-order valence-electron chi connectivity index (χ2n) is 8.92. The van der Waals surface area contributed by atoms with Crippen molar-refractivity contribution in [1.82, 2.24) is 9.88 Å². The van der Waals surface area contributed by atoms with E-state index in [2.05, 4.69) is 40.2 Å². The van der Waals surface area contributed by atoms with Crippen molar-refractivity contribution >= 4 is 11.9 Å². The number of carbonyl (C=O) groups is 1. The Morgan fingerprint density at radius 1 is 0.971 bits per heavy atom. The van der Waals surface area contributed by atoms with Crippen LogP contribution in [0.4, 0.5) is 0 Å². The van der Waals surface area contributed by atoms with Gasteiger partial charge in [-0.3, -0.25) is 14.7 Å². The minimum Gasteiger partial charge on any atom is -0.477 e. The lowest BCUT2D eigenvalue weighted by atomic mass is 9.99. The van der Waals surface area contributed by atoms with Crippen LogP contribution in [0.25, 0.3) is 17.2 Å². The third-order valence-electron chi connectivity index (χ3n) is 6.45. The highest BCUT2D eigenvalue weighted by Crippen LogP contribution is 2.43. The summed E-state index contributed by atoms with van der Waals surface area (Å²) in [5.41, 5.74) is 6.80. The van der Waals surface area contributed by atoms with Crippen molar-refractivity contribution in [2.24, 2.45) is 0 Å². The maximum absolute atomic E-state index is 13.2. The molecule has 1 aromatic heterocycles. The predicted molar refractivity (Wildman–Crippen MR) is 135 cm³/mol. The highest BCUT2D eigenvalue weighted by molar-refractivity contribution is 6.15. The van der Waals surface area contributed by atoms with Crippen LogP contribution in [0.1, 0.15) is 32.6 Å². The van der Waals surface area contributed by atoms with Gasteiger partial charge in [-0.15, -0.1) is 0 Å². The van der Waals surface area contributed by atoms with E-state index in [1.54, 1.807) is 6.20 Å². The Balaban J connectivity index is 1.24. The molecular weight excluding hydrogens is 436 g/mol. The molecule has 4 aromatic rings. The number of allylic oxidation sites excluding steroid dienone is 1. The Labute approximate surface area is 204 Å². The first-order valence-electron chi connectivity index (χ1n) is 11.7. The van der Waals surface area contributed by atoms with Gasteiger partial charge in [0.15, 0.2) is 5.76 Å². The number of ketones is 1. The number of carbonyl (C=O) groups excluding carboxylic acids is 1. The summed E-state index contributed by atoms with van der Waals surface area (Å²) in [5.74, 6) is 1.65. The second kappa shape index (κ2) is 8.85. The molecule has 0 atom stereocenters. The first kappa shape index (κ1) is 21.3. The smallest absolute Gasteiger partial charge is 0.231 e. The number of Topliss-reactive ketones (excluding diaryl/α,β-unsaturated/α-hetero) is 1. The number of benzene rings is 3. The van der Waals surface area contributed by atoms with Gasteiger partial charge in [0.2, 0.25) is 5.78 Å². The van der Waals surface area contributed by atoms with E-state index in [9.17, 15) is 4.79 Å². The van der Waals surface area contributed by atoms with Gasteiger partial charge in [0.1, 0.15) is 18.2 Å². The summed E-state index contributed by atoms with van der Waals surface area (Å²) in [6.07, 6.45) is 5.45. The van der Waals surface area contributed by atoms with Crippen LogP contribution in [-0.2, 0) is 13.1 Å². The summed E-state index contributed by atoms with van der Waals surface area (Å²) in [5, 5.41) is 0. The zero-order valence-corrected chi connectivity index (χ0v) is 19.4. The molecule has 0 radical (unpaired) electrons. The van der Waals surface area contributed by atoms with E-state index in [-0.39, 0.29) is 5.78 Å². The maximum atomic E-state index is 13.2. The number of pyridine rings is 1. The zero-order chi connectivity index (χ0) is 23.8. The summed E-state index contributed by atoms with van der Waals surface area (Å²) < 4.78 is 12.2. The topological polar surface area (TPSA) is 51.7 Å². The van der Waals surface area contributed by atoms with Crippen LogP contribution in [0, 0.1) is 6.92 Å². The molecule has 35 heavy (non-hydrogen) atoms. The number of nitrogens with zero attached hydrogens (tertiary/aromatic N) is 2. The Morgan fingerprint density at radius 2 is 1.77 bits per heavy atom. The van der Waals surface area contributed by atoms with Gasteiger partial charge < -0.3 is 9.47 Å². The maximum Gasteiger partial charge on any atom is 0.231 e. The number of aromatic nitrogens is 1. The third-order valence-corrected chi connectivity index (χ3v) is 6.45. The third kappa shape index (κ3) is 4.11. The first-order chi connectivity index (χ1) is 17.2. The van der Waals surface area contributed by atoms with Crippen LogP contribution in [0.5, 0.6) is 11.5 Å². The zero-order valence-electron chi connectivity index (χ0n) is 19.4. The van der Waals surface area contributed by atoms with Crippen molar-refractivity contribution in [2.45, 2.75) is 20.0 Å². The molecule has 5 nitrogen and oxygen atoms in total. The molecule has 0 amide bonds. The molecule has 0 aliphatic carbocycles. The Hall–Kier alpha value is -4.22. The Morgan fingerprint density at radius 3 is 2.54 bits per heavy atom. The standard InChI is InChI=1S/C30H24N2O3/c1-20-29-25(18-32(19-34-29)17-22-6-5-13-31-16-22)15-26-28(33)27(35-30(20)26)14-21-9-11-24(12-10-21)23-7-3-2-4-8-23/h2-16H,17-19H2,1H3/b27-14-. The number of fused-ring (bicyclic) bond motifs is 2. The minimum absolute atomic E-state index is 0.0950. The van der Waals surface area contributed by atoms with Crippen molar-refractivity contribution in [1.29, 1.82) is 0 Å². The molecule has 0 unspecified atom stereocenters. The van der Waals surface area contributed by atoms with E-state index < -0.39 is 0 Å². The van der Waals surface area contributed by atoms with Crippen LogP contribution in [-0.4, -0.2) is 22.4 Å². The SMILES string of the molecule is Cc1c2c(cc3c1O/C(=C\c1ccc(-c4ccccc4)cc1)C3=O)CN(Cc1cccnc1)CO2. The van der Waals surface area contributed by atoms with Crippen molar-refractivity contribution in [3.8, 4) is 22.6 Å². The molecule has 0 bridgehead atoms. The van der Waals surface area contributed by atoms with Gasteiger partial charge >= 0.3 is 0 Å². The number of rotatable bonds is 4. The van der Waals surface area contributed by atoms with E-state index >= 15 is 0 Å². The van der Waals surface area contributed by atoms with Crippen LogP contribution in [0.3, 0.4) is 0 Å². The minimum atomic E-state index is -0.0950. The Bertz CT molecular complexity index is 1430. The van der Waals surface area contributed by atoms with Crippen molar-refractivity contribution in [2.75, 3.05) is 6.73 Å². The molecule has 0 spiro atoms. The molecule has 0 saturated carbocycles. The molecule has 5 heteroatoms. The molecule has 172 valence electrons. The van der Waals surface area contributed by atoms with Crippen LogP contribution >= 0.6 is 0 Å². The van der Waals surface area contributed by atoms with Gasteiger partial charge in [-0.05, 0) is 47.4 Å².